The van der Waals surface area contributed by atoms with Crippen molar-refractivity contribution in [3.8, 4) is 17.4 Å². The minimum Gasteiger partial charge on any atom is -0.491 e. The highest BCUT2D eigenvalue weighted by atomic mass is 35.5. The molecule has 0 aliphatic heterocycles. The second kappa shape index (κ2) is 7.83. The molecule has 0 amide bonds. The van der Waals surface area contributed by atoms with Gasteiger partial charge in [-0.25, -0.2) is 4.98 Å². The van der Waals surface area contributed by atoms with E-state index in [2.05, 4.69) is 23.3 Å². The molecule has 0 saturated heterocycles. The molecule has 136 valence electrons. The summed E-state index contributed by atoms with van der Waals surface area (Å²) < 4.78 is 11.7. The molecule has 3 rings (SSSR count). The highest BCUT2D eigenvalue weighted by Crippen LogP contribution is 2.36. The highest BCUT2D eigenvalue weighted by molar-refractivity contribution is 6.32. The van der Waals surface area contributed by atoms with Crippen LogP contribution in [0.1, 0.15) is 26.3 Å². The molecule has 4 nitrogen and oxygen atoms in total. The van der Waals surface area contributed by atoms with E-state index in [1.165, 1.54) is 0 Å². The summed E-state index contributed by atoms with van der Waals surface area (Å²) in [6.07, 6.45) is 0.0893. The molecule has 0 fully saturated rings. The third kappa shape index (κ3) is 4.20. The van der Waals surface area contributed by atoms with Crippen molar-refractivity contribution in [1.29, 1.82) is 0 Å². The van der Waals surface area contributed by atoms with Crippen molar-refractivity contribution < 1.29 is 9.47 Å². The molecular formula is C21H23ClN2O2. The normalized spacial score (nSPS) is 11.0. The van der Waals surface area contributed by atoms with Crippen LogP contribution in [0.15, 0.2) is 42.5 Å². The Labute approximate surface area is 159 Å². The molecular weight excluding hydrogens is 348 g/mol. The van der Waals surface area contributed by atoms with Gasteiger partial charge in [0.05, 0.1) is 16.6 Å². The van der Waals surface area contributed by atoms with Gasteiger partial charge >= 0.3 is 0 Å². The average molecular weight is 371 g/mol. The van der Waals surface area contributed by atoms with Crippen LogP contribution in [0.25, 0.3) is 10.9 Å². The molecule has 0 atom stereocenters. The van der Waals surface area contributed by atoms with Gasteiger partial charge in [0, 0.05) is 29.8 Å². The number of benzene rings is 2. The first-order valence-corrected chi connectivity index (χ1v) is 9.13. The van der Waals surface area contributed by atoms with E-state index in [0.29, 0.717) is 16.7 Å². The molecule has 0 aliphatic carbocycles. The first-order valence-electron chi connectivity index (χ1n) is 8.75. The van der Waals surface area contributed by atoms with Crippen molar-refractivity contribution in [3.05, 3.63) is 53.1 Å². The van der Waals surface area contributed by atoms with Crippen molar-refractivity contribution in [1.82, 2.24) is 4.98 Å². The number of halogens is 1. The van der Waals surface area contributed by atoms with Crippen LogP contribution < -0.4 is 14.8 Å². The fourth-order valence-corrected chi connectivity index (χ4v) is 3.05. The lowest BCUT2D eigenvalue weighted by molar-refractivity contribution is 0.242. The van der Waals surface area contributed by atoms with Gasteiger partial charge in [0.2, 0.25) is 5.88 Å². The zero-order valence-corrected chi connectivity index (χ0v) is 16.2. The van der Waals surface area contributed by atoms with Gasteiger partial charge in [0.25, 0.3) is 0 Å². The number of aromatic nitrogens is 1. The van der Waals surface area contributed by atoms with E-state index in [-0.39, 0.29) is 6.10 Å². The topological polar surface area (TPSA) is 43.4 Å². The smallest absolute Gasteiger partial charge is 0.219 e. The molecule has 0 radical (unpaired) electrons. The van der Waals surface area contributed by atoms with Crippen LogP contribution in [-0.4, -0.2) is 17.6 Å². The van der Waals surface area contributed by atoms with Gasteiger partial charge in [-0.2, -0.15) is 0 Å². The standard InChI is InChI=1S/C21H23ClN2O2/c1-5-23-16-7-8-19-15(11-16)6-9-20(24-19)26-21-14(4)10-17(12-18(21)22)25-13(2)3/h6-13,23H,5H2,1-4H3. The molecule has 0 spiro atoms. The van der Waals surface area contributed by atoms with Crippen LogP contribution in [-0.2, 0) is 0 Å². The zero-order valence-electron chi connectivity index (χ0n) is 15.5. The Morgan fingerprint density at radius 1 is 1.12 bits per heavy atom. The maximum absolute atomic E-state index is 6.40. The summed E-state index contributed by atoms with van der Waals surface area (Å²) in [4.78, 5) is 4.58. The number of rotatable bonds is 6. The largest absolute Gasteiger partial charge is 0.491 e. The van der Waals surface area contributed by atoms with E-state index in [1.54, 1.807) is 6.07 Å². The van der Waals surface area contributed by atoms with Crippen molar-refractivity contribution in [2.24, 2.45) is 0 Å². The molecule has 0 saturated carbocycles. The van der Waals surface area contributed by atoms with E-state index in [1.807, 2.05) is 51.1 Å². The average Bonchev–Trinajstić information content (AvgIpc) is 2.58. The van der Waals surface area contributed by atoms with E-state index >= 15 is 0 Å². The number of hydrogen-bond acceptors (Lipinski definition) is 4. The van der Waals surface area contributed by atoms with Gasteiger partial charge < -0.3 is 14.8 Å². The first-order chi connectivity index (χ1) is 12.5. The minimum absolute atomic E-state index is 0.0893. The second-order valence-corrected chi connectivity index (χ2v) is 6.81. The Bertz CT molecular complexity index is 902. The van der Waals surface area contributed by atoms with Crippen LogP contribution in [0.5, 0.6) is 17.4 Å². The van der Waals surface area contributed by atoms with Crippen LogP contribution in [0.4, 0.5) is 5.69 Å². The lowest BCUT2D eigenvalue weighted by atomic mass is 10.2. The number of hydrogen-bond donors (Lipinski definition) is 1. The Kier molecular flexibility index (Phi) is 5.52. The molecule has 1 heterocycles. The van der Waals surface area contributed by atoms with Crippen LogP contribution in [0, 0.1) is 6.92 Å². The molecule has 3 aromatic rings. The third-order valence-electron chi connectivity index (χ3n) is 3.83. The van der Waals surface area contributed by atoms with Gasteiger partial charge in [-0.1, -0.05) is 11.6 Å². The van der Waals surface area contributed by atoms with Gasteiger partial charge in [-0.05, 0) is 63.6 Å². The lowest BCUT2D eigenvalue weighted by Crippen LogP contribution is -2.05. The van der Waals surface area contributed by atoms with E-state index in [0.717, 1.165) is 34.4 Å². The fourth-order valence-electron chi connectivity index (χ4n) is 2.75. The van der Waals surface area contributed by atoms with Gasteiger partial charge in [-0.15, -0.1) is 0 Å². The van der Waals surface area contributed by atoms with E-state index < -0.39 is 0 Å². The van der Waals surface area contributed by atoms with Crippen molar-refractivity contribution in [2.75, 3.05) is 11.9 Å². The Morgan fingerprint density at radius 2 is 1.92 bits per heavy atom. The number of ether oxygens (including phenoxy) is 2. The third-order valence-corrected chi connectivity index (χ3v) is 4.11. The quantitative estimate of drug-likeness (QED) is 0.560. The first kappa shape index (κ1) is 18.3. The lowest BCUT2D eigenvalue weighted by Gasteiger charge is -2.15. The van der Waals surface area contributed by atoms with Gasteiger partial charge in [0.1, 0.15) is 5.75 Å². The van der Waals surface area contributed by atoms with Crippen molar-refractivity contribution in [3.63, 3.8) is 0 Å². The molecule has 0 unspecified atom stereocenters. The van der Waals surface area contributed by atoms with Gasteiger partial charge in [0.15, 0.2) is 5.75 Å². The van der Waals surface area contributed by atoms with Crippen LogP contribution in [0.3, 0.4) is 0 Å². The Morgan fingerprint density at radius 3 is 2.62 bits per heavy atom. The van der Waals surface area contributed by atoms with E-state index in [4.69, 9.17) is 21.1 Å². The molecule has 2 aromatic carbocycles. The predicted molar refractivity (Wildman–Crippen MR) is 108 cm³/mol. The summed E-state index contributed by atoms with van der Waals surface area (Å²) in [6.45, 7) is 8.86. The number of fused-ring (bicyclic) bond motifs is 1. The molecule has 1 N–H and O–H groups in total. The SMILES string of the molecule is CCNc1ccc2nc(Oc3c(C)cc(OC(C)C)cc3Cl)ccc2c1. The minimum atomic E-state index is 0.0893. The Balaban J connectivity index is 1.87. The fraction of sp³-hybridized carbons (Fsp3) is 0.286. The molecule has 1 aromatic heterocycles. The second-order valence-electron chi connectivity index (χ2n) is 6.41. The summed E-state index contributed by atoms with van der Waals surface area (Å²) in [5.41, 5.74) is 2.85. The number of nitrogens with one attached hydrogen (secondary N) is 1. The van der Waals surface area contributed by atoms with Crippen LogP contribution in [0.2, 0.25) is 5.02 Å². The number of anilines is 1. The van der Waals surface area contributed by atoms with E-state index in [9.17, 15) is 0 Å². The predicted octanol–water partition coefficient (Wildman–Crippen LogP) is 6.21. The maximum Gasteiger partial charge on any atom is 0.219 e. The summed E-state index contributed by atoms with van der Waals surface area (Å²) in [5, 5.41) is 4.86. The molecule has 0 aliphatic rings. The number of pyridine rings is 1. The summed E-state index contributed by atoms with van der Waals surface area (Å²) in [5.74, 6) is 1.84. The molecule has 5 heteroatoms. The van der Waals surface area contributed by atoms with Crippen LogP contribution >= 0.6 is 11.6 Å². The summed E-state index contributed by atoms with van der Waals surface area (Å²) in [7, 11) is 0. The molecule has 26 heavy (non-hydrogen) atoms. The zero-order chi connectivity index (χ0) is 18.7. The summed E-state index contributed by atoms with van der Waals surface area (Å²) in [6, 6.07) is 13.6. The maximum atomic E-state index is 6.40. The Hall–Kier alpha value is -2.46. The summed E-state index contributed by atoms with van der Waals surface area (Å²) >= 11 is 6.40. The number of aryl methyl sites for hydroxylation is 1. The van der Waals surface area contributed by atoms with Gasteiger partial charge in [-0.3, -0.25) is 0 Å². The highest BCUT2D eigenvalue weighted by Gasteiger charge is 2.12. The van der Waals surface area contributed by atoms with Crippen molar-refractivity contribution in [2.45, 2.75) is 33.8 Å². The number of nitrogens with zero attached hydrogens (tertiary/aromatic N) is 1. The monoisotopic (exact) mass is 370 g/mol. The van der Waals surface area contributed by atoms with Crippen molar-refractivity contribution >= 4 is 28.2 Å². The molecule has 0 bridgehead atoms.